The zero-order chi connectivity index (χ0) is 16.7. The SMILES string of the molecule is C#CCOc1ccc(NC(=O)CCS(=O)(=O)C2CCCC2)cc1. The van der Waals surface area contributed by atoms with E-state index in [-0.39, 0.29) is 29.9 Å². The number of amides is 1. The summed E-state index contributed by atoms with van der Waals surface area (Å²) in [6.45, 7) is 0.185. The predicted octanol–water partition coefficient (Wildman–Crippen LogP) is 2.38. The van der Waals surface area contributed by atoms with E-state index in [1.54, 1.807) is 24.3 Å². The summed E-state index contributed by atoms with van der Waals surface area (Å²) in [4.78, 5) is 11.9. The number of anilines is 1. The van der Waals surface area contributed by atoms with Crippen molar-refractivity contribution >= 4 is 21.4 Å². The Hall–Kier alpha value is -2.00. The maximum Gasteiger partial charge on any atom is 0.225 e. The van der Waals surface area contributed by atoms with Crippen LogP contribution in [0, 0.1) is 12.3 Å². The van der Waals surface area contributed by atoms with Gasteiger partial charge in [-0.3, -0.25) is 4.79 Å². The van der Waals surface area contributed by atoms with Gasteiger partial charge in [0.05, 0.1) is 11.0 Å². The summed E-state index contributed by atoms with van der Waals surface area (Å²) in [6, 6.07) is 6.77. The van der Waals surface area contributed by atoms with Gasteiger partial charge in [-0.2, -0.15) is 0 Å². The summed E-state index contributed by atoms with van der Waals surface area (Å²) >= 11 is 0. The average Bonchev–Trinajstić information content (AvgIpc) is 3.08. The van der Waals surface area contributed by atoms with Crippen LogP contribution in [0.5, 0.6) is 5.75 Å². The molecular weight excluding hydrogens is 314 g/mol. The summed E-state index contributed by atoms with van der Waals surface area (Å²) in [5.41, 5.74) is 0.598. The molecule has 0 atom stereocenters. The number of nitrogens with one attached hydrogen (secondary N) is 1. The highest BCUT2D eigenvalue weighted by molar-refractivity contribution is 7.92. The third-order valence-electron chi connectivity index (χ3n) is 3.88. The lowest BCUT2D eigenvalue weighted by Gasteiger charge is -2.11. The van der Waals surface area contributed by atoms with Crippen LogP contribution >= 0.6 is 0 Å². The normalized spacial score (nSPS) is 15.1. The van der Waals surface area contributed by atoms with Gasteiger partial charge in [0.1, 0.15) is 12.4 Å². The van der Waals surface area contributed by atoms with Crippen LogP contribution in [-0.4, -0.2) is 31.9 Å². The lowest BCUT2D eigenvalue weighted by atomic mass is 10.3. The highest BCUT2D eigenvalue weighted by Gasteiger charge is 2.28. The minimum absolute atomic E-state index is 0.0197. The Morgan fingerprint density at radius 1 is 1.26 bits per heavy atom. The maximum absolute atomic E-state index is 12.1. The molecule has 1 amide bonds. The van der Waals surface area contributed by atoms with Gasteiger partial charge in [-0.25, -0.2) is 8.42 Å². The maximum atomic E-state index is 12.1. The molecule has 0 unspecified atom stereocenters. The van der Waals surface area contributed by atoms with Gasteiger partial charge in [0.2, 0.25) is 5.91 Å². The molecule has 0 spiro atoms. The van der Waals surface area contributed by atoms with E-state index >= 15 is 0 Å². The number of hydrogen-bond acceptors (Lipinski definition) is 4. The molecule has 1 aromatic rings. The summed E-state index contributed by atoms with van der Waals surface area (Å²) in [5, 5.41) is 2.43. The fourth-order valence-electron chi connectivity index (χ4n) is 2.63. The van der Waals surface area contributed by atoms with Crippen molar-refractivity contribution in [3.63, 3.8) is 0 Å². The molecule has 0 aliphatic heterocycles. The molecule has 1 fully saturated rings. The van der Waals surface area contributed by atoms with Crippen LogP contribution in [0.2, 0.25) is 0 Å². The predicted molar refractivity (Wildman–Crippen MR) is 90.1 cm³/mol. The number of rotatable bonds is 7. The van der Waals surface area contributed by atoms with Crippen molar-refractivity contribution in [3.05, 3.63) is 24.3 Å². The van der Waals surface area contributed by atoms with Gasteiger partial charge in [-0.15, -0.1) is 6.42 Å². The van der Waals surface area contributed by atoms with E-state index in [2.05, 4.69) is 11.2 Å². The lowest BCUT2D eigenvalue weighted by molar-refractivity contribution is -0.115. The molecule has 0 aromatic heterocycles. The van der Waals surface area contributed by atoms with Gasteiger partial charge in [-0.05, 0) is 37.1 Å². The lowest BCUT2D eigenvalue weighted by Crippen LogP contribution is -2.24. The van der Waals surface area contributed by atoms with Crippen molar-refractivity contribution < 1.29 is 17.9 Å². The molecule has 0 radical (unpaired) electrons. The quantitative estimate of drug-likeness (QED) is 0.777. The second-order valence-corrected chi connectivity index (χ2v) is 7.99. The Morgan fingerprint density at radius 2 is 1.91 bits per heavy atom. The average molecular weight is 335 g/mol. The van der Waals surface area contributed by atoms with Gasteiger partial charge in [0.15, 0.2) is 9.84 Å². The molecular formula is C17H21NO4S. The van der Waals surface area contributed by atoms with E-state index in [0.717, 1.165) is 25.7 Å². The fourth-order valence-corrected chi connectivity index (χ4v) is 4.49. The van der Waals surface area contributed by atoms with Gasteiger partial charge in [0, 0.05) is 12.1 Å². The summed E-state index contributed by atoms with van der Waals surface area (Å²) in [6.07, 6.45) is 8.46. The Balaban J connectivity index is 1.81. The third-order valence-corrected chi connectivity index (χ3v) is 6.14. The number of terminal acetylenes is 1. The smallest absolute Gasteiger partial charge is 0.225 e. The Labute approximate surface area is 137 Å². The van der Waals surface area contributed by atoms with Crippen LogP contribution in [0.3, 0.4) is 0 Å². The molecule has 1 aliphatic rings. The number of benzene rings is 1. The largest absolute Gasteiger partial charge is 0.481 e. The van der Waals surface area contributed by atoms with Crippen LogP contribution in [0.4, 0.5) is 5.69 Å². The van der Waals surface area contributed by atoms with E-state index in [0.29, 0.717) is 11.4 Å². The molecule has 0 saturated heterocycles. The van der Waals surface area contributed by atoms with Crippen molar-refractivity contribution in [2.24, 2.45) is 0 Å². The molecule has 5 nitrogen and oxygen atoms in total. The van der Waals surface area contributed by atoms with Crippen LogP contribution < -0.4 is 10.1 Å². The van der Waals surface area contributed by atoms with Gasteiger partial charge in [0.25, 0.3) is 0 Å². The van der Waals surface area contributed by atoms with Crippen molar-refractivity contribution in [1.29, 1.82) is 0 Å². The second kappa shape index (κ2) is 8.02. The fraction of sp³-hybridized carbons (Fsp3) is 0.471. The van der Waals surface area contributed by atoms with Crippen LogP contribution in [0.15, 0.2) is 24.3 Å². The van der Waals surface area contributed by atoms with Gasteiger partial charge in [-0.1, -0.05) is 18.8 Å². The standard InChI is InChI=1S/C17H21NO4S/c1-2-12-22-15-9-7-14(8-10-15)18-17(19)11-13-23(20,21)16-5-3-4-6-16/h1,7-10,16H,3-6,11-13H2,(H,18,19). The molecule has 6 heteroatoms. The third kappa shape index (κ3) is 5.29. The van der Waals surface area contributed by atoms with Crippen LogP contribution in [-0.2, 0) is 14.6 Å². The van der Waals surface area contributed by atoms with Crippen molar-refractivity contribution in [1.82, 2.24) is 0 Å². The molecule has 2 rings (SSSR count). The van der Waals surface area contributed by atoms with E-state index in [1.807, 2.05) is 0 Å². The van der Waals surface area contributed by atoms with E-state index in [9.17, 15) is 13.2 Å². The van der Waals surface area contributed by atoms with Gasteiger partial charge >= 0.3 is 0 Å². The van der Waals surface area contributed by atoms with Gasteiger partial charge < -0.3 is 10.1 Å². The highest BCUT2D eigenvalue weighted by Crippen LogP contribution is 2.25. The molecule has 1 N–H and O–H groups in total. The monoisotopic (exact) mass is 335 g/mol. The Morgan fingerprint density at radius 3 is 2.52 bits per heavy atom. The first-order valence-electron chi connectivity index (χ1n) is 7.69. The van der Waals surface area contributed by atoms with Crippen LogP contribution in [0.1, 0.15) is 32.1 Å². The minimum Gasteiger partial charge on any atom is -0.481 e. The molecule has 0 heterocycles. The van der Waals surface area contributed by atoms with E-state index < -0.39 is 9.84 Å². The van der Waals surface area contributed by atoms with E-state index in [4.69, 9.17) is 11.2 Å². The number of carbonyl (C=O) groups excluding carboxylic acids is 1. The Kier molecular flexibility index (Phi) is 6.05. The van der Waals surface area contributed by atoms with Crippen molar-refractivity contribution in [3.8, 4) is 18.1 Å². The first-order chi connectivity index (χ1) is 11.0. The van der Waals surface area contributed by atoms with E-state index in [1.165, 1.54) is 0 Å². The zero-order valence-electron chi connectivity index (χ0n) is 13.0. The second-order valence-electron chi connectivity index (χ2n) is 5.59. The van der Waals surface area contributed by atoms with Crippen molar-refractivity contribution in [2.75, 3.05) is 17.7 Å². The number of carbonyl (C=O) groups is 1. The summed E-state index contributed by atoms with van der Waals surface area (Å²) in [5.74, 6) is 2.59. The first kappa shape index (κ1) is 17.4. The van der Waals surface area contributed by atoms with Crippen molar-refractivity contribution in [2.45, 2.75) is 37.4 Å². The molecule has 0 bridgehead atoms. The molecule has 1 aliphatic carbocycles. The zero-order valence-corrected chi connectivity index (χ0v) is 13.8. The number of sulfone groups is 1. The minimum atomic E-state index is -3.16. The highest BCUT2D eigenvalue weighted by atomic mass is 32.2. The molecule has 1 aromatic carbocycles. The summed E-state index contributed by atoms with van der Waals surface area (Å²) < 4.78 is 29.5. The summed E-state index contributed by atoms with van der Waals surface area (Å²) in [7, 11) is -3.16. The van der Waals surface area contributed by atoms with Crippen LogP contribution in [0.25, 0.3) is 0 Å². The molecule has 124 valence electrons. The first-order valence-corrected chi connectivity index (χ1v) is 9.40. The molecule has 23 heavy (non-hydrogen) atoms. The molecule has 1 saturated carbocycles. The topological polar surface area (TPSA) is 72.5 Å². The number of ether oxygens (including phenoxy) is 1. The number of hydrogen-bond donors (Lipinski definition) is 1. The Bertz CT molecular complexity index is 668.